The van der Waals surface area contributed by atoms with Gasteiger partial charge in [-0.25, -0.2) is 0 Å². The van der Waals surface area contributed by atoms with E-state index in [1.165, 1.54) is 0 Å². The number of halogens is 1. The maximum atomic E-state index is 12.2. The van der Waals surface area contributed by atoms with Crippen molar-refractivity contribution in [2.45, 2.75) is 6.54 Å². The average Bonchev–Trinajstić information content (AvgIpc) is 2.41. The minimum atomic E-state index is -0.0556. The number of hydrogen-bond acceptors (Lipinski definition) is 2. The molecule has 3 nitrogen and oxygen atoms in total. The van der Waals surface area contributed by atoms with Crippen LogP contribution in [0.4, 0.5) is 5.69 Å². The highest BCUT2D eigenvalue weighted by atomic mass is 35.5. The van der Waals surface area contributed by atoms with Gasteiger partial charge in [0.15, 0.2) is 0 Å². The summed E-state index contributed by atoms with van der Waals surface area (Å²) in [6.07, 6.45) is 0. The van der Waals surface area contributed by atoms with Crippen molar-refractivity contribution in [1.29, 1.82) is 0 Å². The van der Waals surface area contributed by atoms with Gasteiger partial charge in [-0.1, -0.05) is 29.8 Å². The minimum absolute atomic E-state index is 0.0556. The molecule has 0 heterocycles. The molecule has 0 aromatic heterocycles. The van der Waals surface area contributed by atoms with Crippen LogP contribution < -0.4 is 5.73 Å². The van der Waals surface area contributed by atoms with E-state index < -0.39 is 0 Å². The lowest BCUT2D eigenvalue weighted by Crippen LogP contribution is -2.26. The van der Waals surface area contributed by atoms with Crippen molar-refractivity contribution in [3.8, 4) is 0 Å². The Morgan fingerprint density at radius 1 is 1.16 bits per heavy atom. The number of anilines is 1. The monoisotopic (exact) mass is 274 g/mol. The minimum Gasteiger partial charge on any atom is -0.398 e. The van der Waals surface area contributed by atoms with Gasteiger partial charge in [0.1, 0.15) is 0 Å². The Hall–Kier alpha value is -2.00. The fourth-order valence-electron chi connectivity index (χ4n) is 1.82. The van der Waals surface area contributed by atoms with Gasteiger partial charge in [-0.05, 0) is 35.9 Å². The van der Waals surface area contributed by atoms with Crippen LogP contribution in [0.3, 0.4) is 0 Å². The van der Waals surface area contributed by atoms with Gasteiger partial charge in [0.05, 0.1) is 0 Å². The molecule has 0 saturated heterocycles. The van der Waals surface area contributed by atoms with Crippen molar-refractivity contribution in [3.05, 3.63) is 64.7 Å². The molecule has 19 heavy (non-hydrogen) atoms. The molecule has 98 valence electrons. The number of amides is 1. The van der Waals surface area contributed by atoms with Crippen LogP contribution >= 0.6 is 11.6 Å². The first-order valence-corrected chi connectivity index (χ1v) is 6.30. The van der Waals surface area contributed by atoms with Crippen LogP contribution in [-0.2, 0) is 6.54 Å². The molecule has 0 aliphatic carbocycles. The molecular weight excluding hydrogens is 260 g/mol. The third kappa shape index (κ3) is 3.26. The second kappa shape index (κ2) is 5.76. The number of hydrogen-bond donors (Lipinski definition) is 1. The third-order valence-corrected chi connectivity index (χ3v) is 3.15. The van der Waals surface area contributed by atoms with Crippen molar-refractivity contribution in [3.63, 3.8) is 0 Å². The lowest BCUT2D eigenvalue weighted by molar-refractivity contribution is 0.0785. The second-order valence-corrected chi connectivity index (χ2v) is 4.80. The van der Waals surface area contributed by atoms with Crippen molar-refractivity contribution in [2.75, 3.05) is 12.8 Å². The first-order valence-electron chi connectivity index (χ1n) is 5.92. The van der Waals surface area contributed by atoms with E-state index in [-0.39, 0.29) is 5.91 Å². The van der Waals surface area contributed by atoms with Gasteiger partial charge < -0.3 is 10.6 Å². The van der Waals surface area contributed by atoms with Crippen LogP contribution in [0, 0.1) is 0 Å². The number of rotatable bonds is 3. The Kier molecular flexibility index (Phi) is 4.07. The molecule has 0 aliphatic heterocycles. The highest BCUT2D eigenvalue weighted by molar-refractivity contribution is 6.30. The lowest BCUT2D eigenvalue weighted by Gasteiger charge is -2.18. The number of benzene rings is 2. The number of carbonyl (C=O) groups excluding carboxylic acids is 1. The third-order valence-electron chi connectivity index (χ3n) is 2.90. The first-order chi connectivity index (χ1) is 9.08. The second-order valence-electron chi connectivity index (χ2n) is 4.37. The first kappa shape index (κ1) is 13.4. The van der Waals surface area contributed by atoms with Gasteiger partial charge in [-0.3, -0.25) is 4.79 Å². The van der Waals surface area contributed by atoms with Crippen LogP contribution in [0.1, 0.15) is 15.9 Å². The van der Waals surface area contributed by atoms with E-state index in [1.807, 2.05) is 24.3 Å². The summed E-state index contributed by atoms with van der Waals surface area (Å²) in [6.45, 7) is 0.480. The van der Waals surface area contributed by atoms with E-state index in [0.29, 0.717) is 22.8 Å². The van der Waals surface area contributed by atoms with E-state index in [1.54, 1.807) is 36.2 Å². The quantitative estimate of drug-likeness (QED) is 0.874. The lowest BCUT2D eigenvalue weighted by atomic mass is 10.1. The van der Waals surface area contributed by atoms with Gasteiger partial charge >= 0.3 is 0 Å². The number of nitrogens with zero attached hydrogens (tertiary/aromatic N) is 1. The number of nitrogen functional groups attached to an aromatic ring is 1. The molecule has 0 saturated carbocycles. The standard InChI is InChI=1S/C15H15ClN2O/c1-18(10-12-4-2-3-5-14(12)17)15(19)11-6-8-13(16)9-7-11/h2-9H,10,17H2,1H3. The maximum Gasteiger partial charge on any atom is 0.253 e. The normalized spacial score (nSPS) is 10.2. The summed E-state index contributed by atoms with van der Waals surface area (Å²) in [4.78, 5) is 13.8. The van der Waals surface area contributed by atoms with Crippen molar-refractivity contribution in [1.82, 2.24) is 4.90 Å². The van der Waals surface area contributed by atoms with Crippen LogP contribution in [0.2, 0.25) is 5.02 Å². The van der Waals surface area contributed by atoms with Gasteiger partial charge in [0.2, 0.25) is 0 Å². The Morgan fingerprint density at radius 2 is 1.79 bits per heavy atom. The van der Waals surface area contributed by atoms with Crippen molar-refractivity contribution < 1.29 is 4.79 Å². The number of nitrogens with two attached hydrogens (primary N) is 1. The molecule has 2 N–H and O–H groups in total. The van der Waals surface area contributed by atoms with Crippen LogP contribution in [0.25, 0.3) is 0 Å². The average molecular weight is 275 g/mol. The summed E-state index contributed by atoms with van der Waals surface area (Å²) < 4.78 is 0. The van der Waals surface area contributed by atoms with E-state index in [0.717, 1.165) is 5.56 Å². The SMILES string of the molecule is CN(Cc1ccccc1N)C(=O)c1ccc(Cl)cc1. The molecule has 0 fully saturated rings. The number of para-hydroxylation sites is 1. The van der Waals surface area contributed by atoms with Gasteiger partial charge in [-0.2, -0.15) is 0 Å². The summed E-state index contributed by atoms with van der Waals surface area (Å²) in [5.74, 6) is -0.0556. The molecule has 2 aromatic carbocycles. The van der Waals surface area contributed by atoms with Gasteiger partial charge in [0, 0.05) is 29.9 Å². The molecule has 1 amide bonds. The van der Waals surface area contributed by atoms with Gasteiger partial charge in [0.25, 0.3) is 5.91 Å². The highest BCUT2D eigenvalue weighted by Gasteiger charge is 2.12. The summed E-state index contributed by atoms with van der Waals surface area (Å²) in [5, 5.41) is 0.617. The van der Waals surface area contributed by atoms with Crippen LogP contribution in [0.5, 0.6) is 0 Å². The molecule has 4 heteroatoms. The number of carbonyl (C=O) groups is 1. The Balaban J connectivity index is 2.12. The largest absolute Gasteiger partial charge is 0.398 e. The molecule has 2 aromatic rings. The topological polar surface area (TPSA) is 46.3 Å². The highest BCUT2D eigenvalue weighted by Crippen LogP contribution is 2.15. The van der Waals surface area contributed by atoms with Crippen LogP contribution in [0.15, 0.2) is 48.5 Å². The molecule has 0 unspecified atom stereocenters. The molecule has 0 aliphatic rings. The maximum absolute atomic E-state index is 12.2. The smallest absolute Gasteiger partial charge is 0.253 e. The molecule has 2 rings (SSSR count). The molecule has 0 spiro atoms. The summed E-state index contributed by atoms with van der Waals surface area (Å²) >= 11 is 5.81. The molecular formula is C15H15ClN2O. The summed E-state index contributed by atoms with van der Waals surface area (Å²) in [7, 11) is 1.75. The summed E-state index contributed by atoms with van der Waals surface area (Å²) in [6, 6.07) is 14.4. The Morgan fingerprint density at radius 3 is 2.42 bits per heavy atom. The van der Waals surface area contributed by atoms with E-state index in [4.69, 9.17) is 17.3 Å². The molecule has 0 atom stereocenters. The predicted molar refractivity (Wildman–Crippen MR) is 78.1 cm³/mol. The van der Waals surface area contributed by atoms with Gasteiger partial charge in [-0.15, -0.1) is 0 Å². The zero-order valence-corrected chi connectivity index (χ0v) is 11.4. The Labute approximate surface area is 117 Å². The predicted octanol–water partition coefficient (Wildman–Crippen LogP) is 3.19. The Bertz CT molecular complexity index is 581. The van der Waals surface area contributed by atoms with E-state index in [2.05, 4.69) is 0 Å². The van der Waals surface area contributed by atoms with E-state index >= 15 is 0 Å². The van der Waals surface area contributed by atoms with E-state index in [9.17, 15) is 4.79 Å². The molecule has 0 radical (unpaired) electrons. The zero-order valence-electron chi connectivity index (χ0n) is 10.6. The fourth-order valence-corrected chi connectivity index (χ4v) is 1.94. The zero-order chi connectivity index (χ0) is 13.8. The molecule has 0 bridgehead atoms. The fraction of sp³-hybridized carbons (Fsp3) is 0.133. The summed E-state index contributed by atoms with van der Waals surface area (Å²) in [5.41, 5.74) is 8.11. The van der Waals surface area contributed by atoms with Crippen molar-refractivity contribution in [2.24, 2.45) is 0 Å². The van der Waals surface area contributed by atoms with Crippen molar-refractivity contribution >= 4 is 23.2 Å². The van der Waals surface area contributed by atoms with Crippen LogP contribution in [-0.4, -0.2) is 17.9 Å².